The van der Waals surface area contributed by atoms with Gasteiger partial charge >= 0.3 is 0 Å². The van der Waals surface area contributed by atoms with Crippen LogP contribution in [0.3, 0.4) is 0 Å². The lowest BCUT2D eigenvalue weighted by atomic mass is 10.1. The van der Waals surface area contributed by atoms with Crippen molar-refractivity contribution < 1.29 is 0 Å². The van der Waals surface area contributed by atoms with Crippen molar-refractivity contribution in [3.63, 3.8) is 0 Å². The molecule has 73 valence electrons. The summed E-state index contributed by atoms with van der Waals surface area (Å²) in [4.78, 5) is 0. The average molecular weight is 194 g/mol. The first kappa shape index (κ1) is 9.53. The molecule has 0 fully saturated rings. The summed E-state index contributed by atoms with van der Waals surface area (Å²) in [5.41, 5.74) is 10.2. The van der Waals surface area contributed by atoms with Crippen molar-refractivity contribution in [2.75, 3.05) is 0 Å². The Morgan fingerprint density at radius 1 is 0.667 bits per heavy atom. The highest BCUT2D eigenvalue weighted by Crippen LogP contribution is 2.10. The number of nitrogens with one attached hydrogen (secondary N) is 1. The number of hydrogen-bond acceptors (Lipinski definition) is 0. The normalized spacial score (nSPS) is 10.7. The molecular weight excluding hydrogens is 182 g/mol. The fourth-order valence-electron chi connectivity index (χ4n) is 1.35. The Morgan fingerprint density at radius 2 is 1.20 bits per heavy atom. The fourth-order valence-corrected chi connectivity index (χ4v) is 1.35. The minimum atomic E-state index is 0.548. The van der Waals surface area contributed by atoms with Crippen molar-refractivity contribution in [1.29, 1.82) is 0 Å². The maximum atomic E-state index is 7.36. The van der Waals surface area contributed by atoms with Gasteiger partial charge in [-0.25, -0.2) is 0 Å². The van der Waals surface area contributed by atoms with Crippen LogP contribution in [0.1, 0.15) is 11.1 Å². The van der Waals surface area contributed by atoms with E-state index in [1.165, 1.54) is 5.56 Å². The maximum absolute atomic E-state index is 7.36. The van der Waals surface area contributed by atoms with E-state index in [1.807, 2.05) is 30.3 Å². The van der Waals surface area contributed by atoms with E-state index in [2.05, 4.69) is 24.3 Å². The van der Waals surface area contributed by atoms with Crippen molar-refractivity contribution in [1.82, 2.24) is 5.73 Å². The van der Waals surface area contributed by atoms with Gasteiger partial charge in [0.05, 0.1) is 5.69 Å². The summed E-state index contributed by atoms with van der Waals surface area (Å²) < 4.78 is 0. The van der Waals surface area contributed by atoms with Gasteiger partial charge in [0.15, 0.2) is 0 Å². The lowest BCUT2D eigenvalue weighted by Gasteiger charge is -1.94. The molecule has 0 aromatic heterocycles. The Labute approximate surface area is 89.9 Å². The van der Waals surface area contributed by atoms with Crippen LogP contribution in [0.4, 0.5) is 5.69 Å². The molecule has 0 aliphatic rings. The highest BCUT2D eigenvalue weighted by Gasteiger charge is 1.87. The molecule has 0 atom stereocenters. The summed E-state index contributed by atoms with van der Waals surface area (Å²) in [5, 5.41) is 0. The zero-order valence-corrected chi connectivity index (χ0v) is 8.35. The van der Waals surface area contributed by atoms with E-state index in [-0.39, 0.29) is 0 Å². The molecule has 0 spiro atoms. The molecule has 0 aliphatic carbocycles. The van der Waals surface area contributed by atoms with Gasteiger partial charge in [0, 0.05) is 0 Å². The van der Waals surface area contributed by atoms with Crippen molar-refractivity contribution >= 4 is 17.8 Å². The molecular formula is C14H12N. The molecule has 1 heteroatoms. The second kappa shape index (κ2) is 4.47. The number of hydrogen-bond donors (Lipinski definition) is 0. The summed E-state index contributed by atoms with van der Waals surface area (Å²) in [6.07, 6.45) is 4.12. The zero-order valence-electron chi connectivity index (χ0n) is 8.35. The number of benzene rings is 2. The Balaban J connectivity index is 2.15. The lowest BCUT2D eigenvalue weighted by molar-refractivity contribution is 1.48. The van der Waals surface area contributed by atoms with Gasteiger partial charge in [-0.3, -0.25) is 0 Å². The van der Waals surface area contributed by atoms with Crippen LogP contribution in [0.15, 0.2) is 54.6 Å². The van der Waals surface area contributed by atoms with E-state index >= 15 is 0 Å². The summed E-state index contributed by atoms with van der Waals surface area (Å²) in [6, 6.07) is 17.7. The second-order valence-corrected chi connectivity index (χ2v) is 3.37. The van der Waals surface area contributed by atoms with Gasteiger partial charge in [-0.2, -0.15) is 0 Å². The predicted molar refractivity (Wildman–Crippen MR) is 64.6 cm³/mol. The minimum absolute atomic E-state index is 0.548. The van der Waals surface area contributed by atoms with Crippen LogP contribution >= 0.6 is 0 Å². The molecule has 0 unspecified atom stereocenters. The third-order valence-corrected chi connectivity index (χ3v) is 2.18. The van der Waals surface area contributed by atoms with E-state index in [4.69, 9.17) is 5.73 Å². The maximum Gasteiger partial charge on any atom is 0.0540 e. The monoisotopic (exact) mass is 194 g/mol. The van der Waals surface area contributed by atoms with Gasteiger partial charge < -0.3 is 5.73 Å². The van der Waals surface area contributed by atoms with Gasteiger partial charge in [-0.1, -0.05) is 54.6 Å². The molecule has 0 saturated heterocycles. The van der Waals surface area contributed by atoms with Crippen LogP contribution in [0, 0.1) is 0 Å². The SMILES string of the molecule is [NH]c1ccc(C=Cc2ccccc2)cc1. The molecule has 0 bridgehead atoms. The molecule has 0 amide bonds. The van der Waals surface area contributed by atoms with E-state index in [9.17, 15) is 0 Å². The standard InChI is InChI=1S/C14H12N/c15-14-10-8-13(9-11-14)7-6-12-4-2-1-3-5-12/h1-11,15H. The Bertz CT molecular complexity index is 441. The van der Waals surface area contributed by atoms with Crippen molar-refractivity contribution in [2.24, 2.45) is 0 Å². The summed E-state index contributed by atoms with van der Waals surface area (Å²) in [6.45, 7) is 0. The second-order valence-electron chi connectivity index (χ2n) is 3.37. The Hall–Kier alpha value is -2.02. The van der Waals surface area contributed by atoms with Gasteiger partial charge in [0.2, 0.25) is 0 Å². The average Bonchev–Trinajstić information content (AvgIpc) is 2.30. The number of rotatable bonds is 2. The quantitative estimate of drug-likeness (QED) is 0.650. The predicted octanol–water partition coefficient (Wildman–Crippen LogP) is 3.77. The van der Waals surface area contributed by atoms with Crippen LogP contribution in [-0.4, -0.2) is 0 Å². The van der Waals surface area contributed by atoms with E-state index in [1.54, 1.807) is 12.1 Å². The third kappa shape index (κ3) is 2.71. The van der Waals surface area contributed by atoms with E-state index in [0.29, 0.717) is 5.69 Å². The van der Waals surface area contributed by atoms with Gasteiger partial charge in [-0.05, 0) is 23.3 Å². The van der Waals surface area contributed by atoms with Crippen molar-refractivity contribution in [2.45, 2.75) is 0 Å². The fraction of sp³-hybridized carbons (Fsp3) is 0. The summed E-state index contributed by atoms with van der Waals surface area (Å²) >= 11 is 0. The van der Waals surface area contributed by atoms with E-state index in [0.717, 1.165) is 5.56 Å². The Kier molecular flexibility index (Phi) is 2.84. The van der Waals surface area contributed by atoms with Gasteiger partial charge in [0.25, 0.3) is 0 Å². The van der Waals surface area contributed by atoms with Crippen LogP contribution in [0.2, 0.25) is 0 Å². The molecule has 1 radical (unpaired) electrons. The third-order valence-electron chi connectivity index (χ3n) is 2.18. The minimum Gasteiger partial charge on any atom is -0.301 e. The van der Waals surface area contributed by atoms with Crippen LogP contribution in [-0.2, 0) is 0 Å². The van der Waals surface area contributed by atoms with Crippen LogP contribution in [0.25, 0.3) is 12.2 Å². The lowest BCUT2D eigenvalue weighted by Crippen LogP contribution is -1.73. The molecule has 1 nitrogen and oxygen atoms in total. The topological polar surface area (TPSA) is 23.8 Å². The molecule has 0 aliphatic heterocycles. The smallest absolute Gasteiger partial charge is 0.0540 e. The molecule has 0 saturated carbocycles. The Morgan fingerprint density at radius 3 is 1.80 bits per heavy atom. The molecule has 2 aromatic carbocycles. The first-order chi connectivity index (χ1) is 7.34. The molecule has 15 heavy (non-hydrogen) atoms. The van der Waals surface area contributed by atoms with Crippen LogP contribution in [0.5, 0.6) is 0 Å². The first-order valence-electron chi connectivity index (χ1n) is 4.89. The summed E-state index contributed by atoms with van der Waals surface area (Å²) in [7, 11) is 0. The molecule has 0 heterocycles. The zero-order chi connectivity index (χ0) is 10.5. The molecule has 1 N–H and O–H groups in total. The van der Waals surface area contributed by atoms with Gasteiger partial charge in [-0.15, -0.1) is 0 Å². The largest absolute Gasteiger partial charge is 0.301 e. The highest BCUT2D eigenvalue weighted by molar-refractivity contribution is 5.69. The van der Waals surface area contributed by atoms with Gasteiger partial charge in [0.1, 0.15) is 0 Å². The van der Waals surface area contributed by atoms with E-state index < -0.39 is 0 Å². The van der Waals surface area contributed by atoms with Crippen molar-refractivity contribution in [3.8, 4) is 0 Å². The molecule has 2 aromatic rings. The van der Waals surface area contributed by atoms with Crippen LogP contribution < -0.4 is 5.73 Å². The van der Waals surface area contributed by atoms with Crippen molar-refractivity contribution in [3.05, 3.63) is 65.7 Å². The first-order valence-corrected chi connectivity index (χ1v) is 4.89. The highest BCUT2D eigenvalue weighted by atomic mass is 14.5. The molecule has 2 rings (SSSR count). The summed E-state index contributed by atoms with van der Waals surface area (Å²) in [5.74, 6) is 0.